The zero-order valence-corrected chi connectivity index (χ0v) is 12.9. The highest BCUT2D eigenvalue weighted by Gasteiger charge is 2.30. The summed E-state index contributed by atoms with van der Waals surface area (Å²) >= 11 is 0. The second-order valence-corrected chi connectivity index (χ2v) is 5.90. The van der Waals surface area contributed by atoms with Crippen LogP contribution >= 0.6 is 0 Å². The minimum Gasteiger partial charge on any atom is -0.373 e. The average molecular weight is 277 g/mol. The maximum absolute atomic E-state index is 4.45. The Bertz CT molecular complexity index is 412. The fourth-order valence-electron chi connectivity index (χ4n) is 2.60. The lowest BCUT2D eigenvalue weighted by Gasteiger charge is -2.40. The van der Waals surface area contributed by atoms with Gasteiger partial charge >= 0.3 is 0 Å². The van der Waals surface area contributed by atoms with Gasteiger partial charge in [0.05, 0.1) is 0 Å². The normalized spacial score (nSPS) is 18.8. The largest absolute Gasteiger partial charge is 0.373 e. The van der Waals surface area contributed by atoms with E-state index in [1.165, 1.54) is 19.4 Å². The molecule has 0 aromatic carbocycles. The molecule has 0 unspecified atom stereocenters. The molecule has 5 nitrogen and oxygen atoms in total. The van der Waals surface area contributed by atoms with Crippen molar-refractivity contribution in [3.63, 3.8) is 0 Å². The predicted octanol–water partition coefficient (Wildman–Crippen LogP) is 2.58. The van der Waals surface area contributed by atoms with Crippen LogP contribution in [0, 0.1) is 0 Å². The van der Waals surface area contributed by atoms with Gasteiger partial charge in [0.25, 0.3) is 0 Å². The SMILES string of the molecule is CCCCN1CCC(C)(Nc2nccc(NC)n2)CC1. The molecule has 0 atom stereocenters. The number of nitrogens with zero attached hydrogens (tertiary/aromatic N) is 3. The molecule has 0 bridgehead atoms. The van der Waals surface area contributed by atoms with Crippen LogP contribution in [0.15, 0.2) is 12.3 Å². The molecule has 1 aliphatic rings. The van der Waals surface area contributed by atoms with Crippen molar-refractivity contribution in [2.75, 3.05) is 37.3 Å². The standard InChI is InChI=1S/C15H27N5/c1-4-5-10-20-11-7-15(2,8-12-20)19-14-17-9-6-13(16-3)18-14/h6,9H,4-5,7-8,10-12H2,1-3H3,(H2,16,17,18,19). The molecule has 2 rings (SSSR count). The van der Waals surface area contributed by atoms with Gasteiger partial charge in [0, 0.05) is 31.9 Å². The van der Waals surface area contributed by atoms with Gasteiger partial charge in [0.15, 0.2) is 0 Å². The van der Waals surface area contributed by atoms with E-state index in [0.717, 1.165) is 37.7 Å². The zero-order valence-electron chi connectivity index (χ0n) is 12.9. The van der Waals surface area contributed by atoms with E-state index >= 15 is 0 Å². The highest BCUT2D eigenvalue weighted by atomic mass is 15.2. The van der Waals surface area contributed by atoms with Crippen LogP contribution < -0.4 is 10.6 Å². The number of piperidine rings is 1. The molecule has 1 aliphatic heterocycles. The molecule has 1 aromatic heterocycles. The van der Waals surface area contributed by atoms with Crippen LogP contribution in [0.25, 0.3) is 0 Å². The average Bonchev–Trinajstić information content (AvgIpc) is 2.47. The maximum Gasteiger partial charge on any atom is 0.225 e. The van der Waals surface area contributed by atoms with Crippen LogP contribution in [0.4, 0.5) is 11.8 Å². The Kier molecular flexibility index (Phi) is 5.17. The lowest BCUT2D eigenvalue weighted by Crippen LogP contribution is -2.47. The molecule has 1 saturated heterocycles. The molecule has 2 heterocycles. The number of hydrogen-bond acceptors (Lipinski definition) is 5. The third-order valence-electron chi connectivity index (χ3n) is 4.11. The monoisotopic (exact) mass is 277 g/mol. The minimum absolute atomic E-state index is 0.106. The summed E-state index contributed by atoms with van der Waals surface area (Å²) in [6.45, 7) is 8.09. The van der Waals surface area contributed by atoms with Gasteiger partial charge in [0.1, 0.15) is 5.82 Å². The first kappa shape index (κ1) is 15.0. The lowest BCUT2D eigenvalue weighted by molar-refractivity contribution is 0.179. The van der Waals surface area contributed by atoms with Gasteiger partial charge in [-0.2, -0.15) is 4.98 Å². The van der Waals surface area contributed by atoms with Crippen LogP contribution in [0.5, 0.6) is 0 Å². The highest BCUT2D eigenvalue weighted by Crippen LogP contribution is 2.25. The molecule has 1 aromatic rings. The van der Waals surface area contributed by atoms with Gasteiger partial charge in [-0.3, -0.25) is 0 Å². The van der Waals surface area contributed by atoms with Crippen molar-refractivity contribution in [3.8, 4) is 0 Å². The molecule has 2 N–H and O–H groups in total. The second-order valence-electron chi connectivity index (χ2n) is 5.90. The lowest BCUT2D eigenvalue weighted by atomic mass is 9.89. The Morgan fingerprint density at radius 3 is 2.75 bits per heavy atom. The summed E-state index contributed by atoms with van der Waals surface area (Å²) in [5, 5.41) is 6.57. The fourth-order valence-corrected chi connectivity index (χ4v) is 2.60. The topological polar surface area (TPSA) is 53.1 Å². The quantitative estimate of drug-likeness (QED) is 0.837. The summed E-state index contributed by atoms with van der Waals surface area (Å²) in [6.07, 6.45) is 6.66. The Labute approximate surface area is 122 Å². The Balaban J connectivity index is 1.89. The highest BCUT2D eigenvalue weighted by molar-refractivity contribution is 5.40. The Morgan fingerprint density at radius 1 is 1.35 bits per heavy atom. The summed E-state index contributed by atoms with van der Waals surface area (Å²) in [5.41, 5.74) is 0.106. The van der Waals surface area contributed by atoms with Crippen LogP contribution in [-0.2, 0) is 0 Å². The van der Waals surface area contributed by atoms with Crippen molar-refractivity contribution < 1.29 is 0 Å². The van der Waals surface area contributed by atoms with Crippen molar-refractivity contribution >= 4 is 11.8 Å². The first-order chi connectivity index (χ1) is 9.65. The van der Waals surface area contributed by atoms with Crippen molar-refractivity contribution in [3.05, 3.63) is 12.3 Å². The third kappa shape index (κ3) is 4.07. The predicted molar refractivity (Wildman–Crippen MR) is 84.2 cm³/mol. The van der Waals surface area contributed by atoms with Crippen LogP contribution in [0.1, 0.15) is 39.5 Å². The van der Waals surface area contributed by atoms with E-state index in [2.05, 4.69) is 39.3 Å². The summed E-state index contributed by atoms with van der Waals surface area (Å²) in [4.78, 5) is 11.3. The van der Waals surface area contributed by atoms with E-state index in [0.29, 0.717) is 0 Å². The van der Waals surface area contributed by atoms with Gasteiger partial charge in [0.2, 0.25) is 5.95 Å². The van der Waals surface area contributed by atoms with E-state index < -0.39 is 0 Å². The van der Waals surface area contributed by atoms with Gasteiger partial charge in [-0.25, -0.2) is 4.98 Å². The first-order valence-electron chi connectivity index (χ1n) is 7.66. The van der Waals surface area contributed by atoms with E-state index in [1.807, 2.05) is 13.1 Å². The van der Waals surface area contributed by atoms with E-state index in [1.54, 1.807) is 6.20 Å². The summed E-state index contributed by atoms with van der Waals surface area (Å²) in [5.74, 6) is 1.58. The molecule has 5 heteroatoms. The molecular formula is C15H27N5. The van der Waals surface area contributed by atoms with Crippen molar-refractivity contribution in [2.24, 2.45) is 0 Å². The number of hydrogen-bond donors (Lipinski definition) is 2. The maximum atomic E-state index is 4.45. The van der Waals surface area contributed by atoms with Gasteiger partial charge < -0.3 is 15.5 Å². The Morgan fingerprint density at radius 2 is 2.10 bits per heavy atom. The number of rotatable bonds is 6. The molecule has 0 amide bonds. The Hall–Kier alpha value is -1.36. The van der Waals surface area contributed by atoms with Gasteiger partial charge in [-0.15, -0.1) is 0 Å². The van der Waals surface area contributed by atoms with Crippen LogP contribution in [0.3, 0.4) is 0 Å². The minimum atomic E-state index is 0.106. The molecular weight excluding hydrogens is 250 g/mol. The first-order valence-corrected chi connectivity index (χ1v) is 7.66. The molecule has 0 radical (unpaired) electrons. The second kappa shape index (κ2) is 6.88. The molecule has 1 fully saturated rings. The smallest absolute Gasteiger partial charge is 0.225 e. The molecule has 0 spiro atoms. The number of nitrogens with one attached hydrogen (secondary N) is 2. The number of aromatic nitrogens is 2. The fraction of sp³-hybridized carbons (Fsp3) is 0.733. The van der Waals surface area contributed by atoms with Gasteiger partial charge in [-0.1, -0.05) is 13.3 Å². The molecule has 20 heavy (non-hydrogen) atoms. The number of likely N-dealkylation sites (tertiary alicyclic amines) is 1. The van der Waals surface area contributed by atoms with Crippen LogP contribution in [-0.4, -0.2) is 47.1 Å². The van der Waals surface area contributed by atoms with Crippen LogP contribution in [0.2, 0.25) is 0 Å². The van der Waals surface area contributed by atoms with Crippen molar-refractivity contribution in [1.82, 2.24) is 14.9 Å². The van der Waals surface area contributed by atoms with Crippen molar-refractivity contribution in [2.45, 2.75) is 45.1 Å². The zero-order chi connectivity index (χ0) is 14.4. The van der Waals surface area contributed by atoms with E-state index in [4.69, 9.17) is 0 Å². The van der Waals surface area contributed by atoms with Crippen molar-refractivity contribution in [1.29, 1.82) is 0 Å². The summed E-state index contributed by atoms with van der Waals surface area (Å²) < 4.78 is 0. The van der Waals surface area contributed by atoms with E-state index in [-0.39, 0.29) is 5.54 Å². The van der Waals surface area contributed by atoms with Gasteiger partial charge in [-0.05, 0) is 38.8 Å². The molecule has 0 saturated carbocycles. The third-order valence-corrected chi connectivity index (χ3v) is 4.11. The number of unbranched alkanes of at least 4 members (excludes halogenated alkanes) is 1. The number of anilines is 2. The molecule has 0 aliphatic carbocycles. The summed E-state index contributed by atoms with van der Waals surface area (Å²) in [6, 6.07) is 1.88. The molecule has 112 valence electrons. The van der Waals surface area contributed by atoms with E-state index in [9.17, 15) is 0 Å². The summed E-state index contributed by atoms with van der Waals surface area (Å²) in [7, 11) is 1.88.